The first-order chi connectivity index (χ1) is 14.9. The van der Waals surface area contributed by atoms with Gasteiger partial charge in [-0.25, -0.2) is 13.1 Å². The number of Topliss-reactive ketones (excluding diaryl/α,β-unsaturated/α-hetero) is 1. The Balaban J connectivity index is 1.64. The number of amides is 1. The third kappa shape index (κ3) is 4.95. The predicted molar refractivity (Wildman–Crippen MR) is 117 cm³/mol. The van der Waals surface area contributed by atoms with E-state index in [0.717, 1.165) is 57.8 Å². The van der Waals surface area contributed by atoms with Crippen molar-refractivity contribution < 1.29 is 22.7 Å². The van der Waals surface area contributed by atoms with E-state index in [9.17, 15) is 18.0 Å². The normalized spacial score (nSPS) is 25.2. The van der Waals surface area contributed by atoms with E-state index < -0.39 is 10.0 Å². The Morgan fingerprint density at radius 1 is 1.06 bits per heavy atom. The van der Waals surface area contributed by atoms with Gasteiger partial charge in [0.15, 0.2) is 0 Å². The third-order valence-electron chi connectivity index (χ3n) is 6.73. The van der Waals surface area contributed by atoms with Gasteiger partial charge in [-0.05, 0) is 56.7 Å². The second-order valence-corrected chi connectivity index (χ2v) is 10.7. The third-order valence-corrected chi connectivity index (χ3v) is 8.27. The lowest BCUT2D eigenvalue weighted by atomic mass is 9.80. The molecular formula is C23H32N2O5S. The first kappa shape index (κ1) is 22.3. The maximum Gasteiger partial charge on any atom is 0.254 e. The number of hydrogen-bond donors (Lipinski definition) is 1. The van der Waals surface area contributed by atoms with Crippen LogP contribution in [-0.4, -0.2) is 50.7 Å². The SMILES string of the molecule is COc1ccc(C(=O)N2CCCCC[C@H]2[C@@H]2CCCCC2=O)cc1S(=O)(=O)NC1CC1. The highest BCUT2D eigenvalue weighted by atomic mass is 32.2. The molecule has 1 heterocycles. The predicted octanol–water partition coefficient (Wildman–Crippen LogP) is 3.28. The second-order valence-electron chi connectivity index (χ2n) is 9.00. The lowest BCUT2D eigenvalue weighted by Gasteiger charge is -2.37. The number of rotatable bonds is 6. The minimum absolute atomic E-state index is 0.00661. The summed E-state index contributed by atoms with van der Waals surface area (Å²) in [4.78, 5) is 28.1. The number of carbonyl (C=O) groups excluding carboxylic acids is 2. The molecule has 1 amide bonds. The van der Waals surface area contributed by atoms with Gasteiger partial charge in [0.25, 0.3) is 5.91 Å². The number of benzene rings is 1. The number of carbonyl (C=O) groups is 2. The number of ether oxygens (including phenoxy) is 1. The maximum atomic E-state index is 13.6. The van der Waals surface area contributed by atoms with Crippen molar-refractivity contribution in [3.8, 4) is 5.75 Å². The van der Waals surface area contributed by atoms with Crippen molar-refractivity contribution in [1.29, 1.82) is 0 Å². The summed E-state index contributed by atoms with van der Waals surface area (Å²) in [6.07, 6.45) is 8.80. The van der Waals surface area contributed by atoms with E-state index in [4.69, 9.17) is 4.74 Å². The van der Waals surface area contributed by atoms with Gasteiger partial charge in [0.2, 0.25) is 10.0 Å². The molecule has 4 rings (SSSR count). The fourth-order valence-corrected chi connectivity index (χ4v) is 6.39. The molecule has 1 saturated heterocycles. The number of nitrogens with one attached hydrogen (secondary N) is 1. The number of methoxy groups -OCH3 is 1. The molecule has 1 N–H and O–H groups in total. The monoisotopic (exact) mass is 448 g/mol. The number of ketones is 1. The van der Waals surface area contributed by atoms with E-state index in [0.29, 0.717) is 18.5 Å². The minimum Gasteiger partial charge on any atom is -0.495 e. The highest BCUT2D eigenvalue weighted by Gasteiger charge is 2.37. The van der Waals surface area contributed by atoms with E-state index in [1.165, 1.54) is 13.2 Å². The Morgan fingerprint density at radius 2 is 1.84 bits per heavy atom. The number of nitrogens with zero attached hydrogens (tertiary/aromatic N) is 1. The van der Waals surface area contributed by atoms with Crippen molar-refractivity contribution in [2.24, 2.45) is 5.92 Å². The van der Waals surface area contributed by atoms with Gasteiger partial charge in [0.1, 0.15) is 16.4 Å². The Hall–Kier alpha value is -1.93. The molecule has 8 heteroatoms. The molecule has 1 aromatic carbocycles. The molecule has 1 aliphatic heterocycles. The molecule has 1 aromatic rings. The zero-order chi connectivity index (χ0) is 22.0. The van der Waals surface area contributed by atoms with Crippen LogP contribution in [0.15, 0.2) is 23.1 Å². The maximum absolute atomic E-state index is 13.6. The topological polar surface area (TPSA) is 92.8 Å². The van der Waals surface area contributed by atoms with E-state index in [1.54, 1.807) is 12.1 Å². The summed E-state index contributed by atoms with van der Waals surface area (Å²) in [7, 11) is -2.35. The van der Waals surface area contributed by atoms with Crippen molar-refractivity contribution in [2.75, 3.05) is 13.7 Å². The molecule has 7 nitrogen and oxygen atoms in total. The molecule has 0 spiro atoms. The first-order valence-electron chi connectivity index (χ1n) is 11.4. The van der Waals surface area contributed by atoms with E-state index in [1.807, 2.05) is 4.90 Å². The van der Waals surface area contributed by atoms with Gasteiger partial charge < -0.3 is 9.64 Å². The van der Waals surface area contributed by atoms with Gasteiger partial charge in [0.05, 0.1) is 7.11 Å². The van der Waals surface area contributed by atoms with Crippen LogP contribution in [0.3, 0.4) is 0 Å². The van der Waals surface area contributed by atoms with Crippen molar-refractivity contribution >= 4 is 21.7 Å². The number of likely N-dealkylation sites (tertiary alicyclic amines) is 1. The van der Waals surface area contributed by atoms with Gasteiger partial charge >= 0.3 is 0 Å². The molecule has 0 bridgehead atoms. The van der Waals surface area contributed by atoms with Gasteiger partial charge in [-0.15, -0.1) is 0 Å². The molecule has 31 heavy (non-hydrogen) atoms. The van der Waals surface area contributed by atoms with Crippen LogP contribution in [-0.2, 0) is 14.8 Å². The molecule has 2 atom stereocenters. The smallest absolute Gasteiger partial charge is 0.254 e. The highest BCUT2D eigenvalue weighted by molar-refractivity contribution is 7.89. The van der Waals surface area contributed by atoms with Gasteiger partial charge in [-0.3, -0.25) is 9.59 Å². The standard InChI is InChI=1S/C23H32N2O5S/c1-30-21-13-10-16(15-22(21)31(28,29)24-17-11-12-17)23(27)25-14-6-2-3-8-19(25)18-7-4-5-9-20(18)26/h10,13,15,17-19,24H,2-9,11-12,14H2,1H3/t18-,19-/m0/s1. The molecule has 170 valence electrons. The van der Waals surface area contributed by atoms with Crippen LogP contribution < -0.4 is 9.46 Å². The van der Waals surface area contributed by atoms with Crippen molar-refractivity contribution in [3.05, 3.63) is 23.8 Å². The van der Waals surface area contributed by atoms with Gasteiger partial charge in [-0.2, -0.15) is 0 Å². The first-order valence-corrected chi connectivity index (χ1v) is 12.9. The summed E-state index contributed by atoms with van der Waals surface area (Å²) in [5, 5.41) is 0. The van der Waals surface area contributed by atoms with Crippen molar-refractivity contribution in [3.63, 3.8) is 0 Å². The lowest BCUT2D eigenvalue weighted by Crippen LogP contribution is -2.47. The average molecular weight is 449 g/mol. The summed E-state index contributed by atoms with van der Waals surface area (Å²) in [6.45, 7) is 0.599. The van der Waals surface area contributed by atoms with Crippen LogP contribution in [0.5, 0.6) is 5.75 Å². The Morgan fingerprint density at radius 3 is 2.55 bits per heavy atom. The van der Waals surface area contributed by atoms with Crippen LogP contribution in [0, 0.1) is 5.92 Å². The summed E-state index contributed by atoms with van der Waals surface area (Å²) in [5.41, 5.74) is 0.326. The zero-order valence-electron chi connectivity index (χ0n) is 18.1. The van der Waals surface area contributed by atoms with Crippen LogP contribution in [0.4, 0.5) is 0 Å². The fourth-order valence-electron chi connectivity index (χ4n) is 4.89. The molecule has 0 aromatic heterocycles. The van der Waals surface area contributed by atoms with Crippen LogP contribution in [0.1, 0.15) is 74.6 Å². The van der Waals surface area contributed by atoms with Crippen LogP contribution >= 0.6 is 0 Å². The molecule has 2 aliphatic carbocycles. The molecule has 3 aliphatic rings. The second kappa shape index (κ2) is 9.28. The summed E-state index contributed by atoms with van der Waals surface area (Å²) < 4.78 is 33.7. The van der Waals surface area contributed by atoms with Gasteiger partial charge in [-0.1, -0.05) is 19.3 Å². The lowest BCUT2D eigenvalue weighted by molar-refractivity contribution is -0.126. The largest absolute Gasteiger partial charge is 0.495 e. The fraction of sp³-hybridized carbons (Fsp3) is 0.652. The zero-order valence-corrected chi connectivity index (χ0v) is 19.0. The molecular weight excluding hydrogens is 416 g/mol. The van der Waals surface area contributed by atoms with Crippen molar-refractivity contribution in [1.82, 2.24) is 9.62 Å². The molecule has 3 fully saturated rings. The highest BCUT2D eigenvalue weighted by Crippen LogP contribution is 2.33. The summed E-state index contributed by atoms with van der Waals surface area (Å²) in [6, 6.07) is 4.46. The number of hydrogen-bond acceptors (Lipinski definition) is 5. The van der Waals surface area contributed by atoms with E-state index in [2.05, 4.69) is 4.72 Å². The Kier molecular flexibility index (Phi) is 6.67. The average Bonchev–Trinajstić information content (AvgIpc) is 3.59. The Bertz CT molecular complexity index is 941. The quantitative estimate of drug-likeness (QED) is 0.721. The summed E-state index contributed by atoms with van der Waals surface area (Å²) >= 11 is 0. The van der Waals surface area contributed by atoms with Crippen molar-refractivity contribution in [2.45, 2.75) is 81.2 Å². The summed E-state index contributed by atoms with van der Waals surface area (Å²) in [5.74, 6) is 0.187. The Labute approximate surface area is 184 Å². The molecule has 2 saturated carbocycles. The minimum atomic E-state index is -3.78. The number of sulfonamides is 1. The van der Waals surface area contributed by atoms with Gasteiger partial charge in [0, 0.05) is 36.5 Å². The molecule has 0 radical (unpaired) electrons. The van der Waals surface area contributed by atoms with E-state index in [-0.39, 0.29) is 40.3 Å². The van der Waals surface area contributed by atoms with Crippen LogP contribution in [0.25, 0.3) is 0 Å². The van der Waals surface area contributed by atoms with E-state index >= 15 is 0 Å². The van der Waals surface area contributed by atoms with Crippen LogP contribution in [0.2, 0.25) is 0 Å². The molecule has 0 unspecified atom stereocenters.